The van der Waals surface area contributed by atoms with Crippen LogP contribution in [0.15, 0.2) is 17.8 Å². The van der Waals surface area contributed by atoms with Crippen molar-refractivity contribution in [3.8, 4) is 0 Å². The van der Waals surface area contributed by atoms with E-state index in [1.165, 1.54) is 0 Å². The summed E-state index contributed by atoms with van der Waals surface area (Å²) in [6.45, 7) is 4.06. The Balaban J connectivity index is 1.97. The average Bonchev–Trinajstić information content (AvgIpc) is 2.76. The molecule has 92 valence electrons. The van der Waals surface area contributed by atoms with E-state index in [0.29, 0.717) is 18.8 Å². The molecule has 0 bridgehead atoms. The minimum absolute atomic E-state index is 0.0498. The van der Waals surface area contributed by atoms with Crippen LogP contribution < -0.4 is 5.73 Å². The van der Waals surface area contributed by atoms with E-state index in [1.54, 1.807) is 11.3 Å². The van der Waals surface area contributed by atoms with Gasteiger partial charge in [-0.2, -0.15) is 0 Å². The van der Waals surface area contributed by atoms with E-state index in [9.17, 15) is 4.79 Å². The van der Waals surface area contributed by atoms with Crippen molar-refractivity contribution < 1.29 is 4.79 Å². The fraction of sp³-hybridized carbons (Fsp3) is 0.500. The Hall–Kier alpha value is -1.20. The topological polar surface area (TPSA) is 60.4 Å². The lowest BCUT2D eigenvalue weighted by Crippen LogP contribution is -2.29. The molecule has 0 saturated heterocycles. The SMILES string of the molecule is CC(C)C(N)CC(=O)Cc1cn2ccsc2n1. The quantitative estimate of drug-likeness (QED) is 0.882. The zero-order valence-electron chi connectivity index (χ0n) is 10.1. The highest BCUT2D eigenvalue weighted by molar-refractivity contribution is 7.15. The molecular weight excluding hydrogens is 234 g/mol. The van der Waals surface area contributed by atoms with Crippen molar-refractivity contribution in [2.75, 3.05) is 0 Å². The van der Waals surface area contributed by atoms with Gasteiger partial charge in [-0.3, -0.25) is 9.20 Å². The first-order valence-electron chi connectivity index (χ1n) is 5.74. The van der Waals surface area contributed by atoms with Gasteiger partial charge in [-0.15, -0.1) is 11.3 Å². The molecule has 4 nitrogen and oxygen atoms in total. The fourth-order valence-electron chi connectivity index (χ4n) is 1.63. The van der Waals surface area contributed by atoms with Gasteiger partial charge in [0.2, 0.25) is 0 Å². The van der Waals surface area contributed by atoms with E-state index < -0.39 is 0 Å². The van der Waals surface area contributed by atoms with Gasteiger partial charge in [-0.1, -0.05) is 13.8 Å². The average molecular weight is 251 g/mol. The predicted molar refractivity (Wildman–Crippen MR) is 69.2 cm³/mol. The van der Waals surface area contributed by atoms with Crippen LogP contribution in [0.25, 0.3) is 4.96 Å². The van der Waals surface area contributed by atoms with Crippen molar-refractivity contribution in [1.29, 1.82) is 0 Å². The first-order chi connectivity index (χ1) is 8.06. The number of hydrogen-bond acceptors (Lipinski definition) is 4. The van der Waals surface area contributed by atoms with Crippen LogP contribution in [0.5, 0.6) is 0 Å². The van der Waals surface area contributed by atoms with E-state index in [2.05, 4.69) is 4.98 Å². The largest absolute Gasteiger partial charge is 0.327 e. The molecule has 17 heavy (non-hydrogen) atoms. The zero-order valence-corrected chi connectivity index (χ0v) is 10.9. The molecule has 0 spiro atoms. The van der Waals surface area contributed by atoms with Crippen molar-refractivity contribution in [2.45, 2.75) is 32.7 Å². The summed E-state index contributed by atoms with van der Waals surface area (Å²) in [4.78, 5) is 17.1. The summed E-state index contributed by atoms with van der Waals surface area (Å²) in [5, 5.41) is 1.97. The second-order valence-corrected chi connectivity index (χ2v) is 5.53. The van der Waals surface area contributed by atoms with Crippen molar-refractivity contribution in [1.82, 2.24) is 9.38 Å². The molecular formula is C12H17N3OS. The van der Waals surface area contributed by atoms with Crippen LogP contribution in [-0.4, -0.2) is 21.2 Å². The van der Waals surface area contributed by atoms with Gasteiger partial charge in [-0.25, -0.2) is 4.98 Å². The number of fused-ring (bicyclic) bond motifs is 1. The summed E-state index contributed by atoms with van der Waals surface area (Å²) in [5.74, 6) is 0.501. The third-order valence-corrected chi connectivity index (χ3v) is 3.61. The van der Waals surface area contributed by atoms with E-state index in [1.807, 2.05) is 36.0 Å². The molecule has 1 unspecified atom stereocenters. The van der Waals surface area contributed by atoms with Crippen LogP contribution in [0.3, 0.4) is 0 Å². The smallest absolute Gasteiger partial charge is 0.193 e. The third-order valence-electron chi connectivity index (χ3n) is 2.84. The van der Waals surface area contributed by atoms with E-state index in [0.717, 1.165) is 10.7 Å². The van der Waals surface area contributed by atoms with Crippen LogP contribution in [0.2, 0.25) is 0 Å². The summed E-state index contributed by atoms with van der Waals surface area (Å²) in [6.07, 6.45) is 4.67. The lowest BCUT2D eigenvalue weighted by molar-refractivity contribution is -0.119. The number of hydrogen-bond donors (Lipinski definition) is 1. The first-order valence-corrected chi connectivity index (χ1v) is 6.62. The monoisotopic (exact) mass is 251 g/mol. The number of nitrogens with zero attached hydrogens (tertiary/aromatic N) is 2. The summed E-state index contributed by atoms with van der Waals surface area (Å²) in [7, 11) is 0. The van der Waals surface area contributed by atoms with Gasteiger partial charge in [-0.05, 0) is 5.92 Å². The van der Waals surface area contributed by atoms with Gasteiger partial charge < -0.3 is 5.73 Å². The Morgan fingerprint density at radius 3 is 3.00 bits per heavy atom. The molecule has 5 heteroatoms. The van der Waals surface area contributed by atoms with Gasteiger partial charge in [0, 0.05) is 30.2 Å². The van der Waals surface area contributed by atoms with Crippen LogP contribution >= 0.6 is 11.3 Å². The molecule has 0 saturated carbocycles. The molecule has 0 radical (unpaired) electrons. The molecule has 2 aromatic rings. The first kappa shape index (κ1) is 12.3. The number of rotatable bonds is 5. The van der Waals surface area contributed by atoms with Gasteiger partial charge in [0.05, 0.1) is 12.1 Å². The minimum Gasteiger partial charge on any atom is -0.327 e. The second-order valence-electron chi connectivity index (χ2n) is 4.65. The lowest BCUT2D eigenvalue weighted by atomic mass is 9.98. The molecule has 0 amide bonds. The van der Waals surface area contributed by atoms with E-state index in [-0.39, 0.29) is 11.8 Å². The molecule has 2 N–H and O–H groups in total. The molecule has 0 aromatic carbocycles. The number of ketones is 1. The summed E-state index contributed by atoms with van der Waals surface area (Å²) in [5.41, 5.74) is 6.71. The highest BCUT2D eigenvalue weighted by Gasteiger charge is 2.14. The lowest BCUT2D eigenvalue weighted by Gasteiger charge is -2.13. The van der Waals surface area contributed by atoms with Crippen LogP contribution in [0.4, 0.5) is 0 Å². The Kier molecular flexibility index (Phi) is 3.59. The Morgan fingerprint density at radius 2 is 2.35 bits per heavy atom. The molecule has 0 aliphatic heterocycles. The Labute approximate surface area is 104 Å². The number of nitrogens with two attached hydrogens (primary N) is 1. The number of carbonyl (C=O) groups is 1. The summed E-state index contributed by atoms with van der Waals surface area (Å²) < 4.78 is 1.94. The van der Waals surface area contributed by atoms with Gasteiger partial charge in [0.1, 0.15) is 5.78 Å². The van der Waals surface area contributed by atoms with Crippen molar-refractivity contribution in [3.63, 3.8) is 0 Å². The molecule has 0 aliphatic rings. The van der Waals surface area contributed by atoms with Crippen LogP contribution in [-0.2, 0) is 11.2 Å². The summed E-state index contributed by atoms with van der Waals surface area (Å²) in [6, 6.07) is -0.0498. The molecule has 2 heterocycles. The third kappa shape index (κ3) is 2.92. The van der Waals surface area contributed by atoms with Gasteiger partial charge >= 0.3 is 0 Å². The number of imidazole rings is 1. The second kappa shape index (κ2) is 4.98. The number of carbonyl (C=O) groups excluding carboxylic acids is 1. The number of aromatic nitrogens is 2. The maximum atomic E-state index is 11.8. The van der Waals surface area contributed by atoms with Crippen LogP contribution in [0, 0.1) is 5.92 Å². The zero-order chi connectivity index (χ0) is 12.4. The van der Waals surface area contributed by atoms with Crippen molar-refractivity contribution in [3.05, 3.63) is 23.5 Å². The molecule has 0 aliphatic carbocycles. The number of thiazole rings is 1. The van der Waals surface area contributed by atoms with Gasteiger partial charge in [0.25, 0.3) is 0 Å². The molecule has 2 aromatic heterocycles. The maximum absolute atomic E-state index is 11.8. The van der Waals surface area contributed by atoms with E-state index in [4.69, 9.17) is 5.73 Å². The standard InChI is InChI=1S/C12H17N3OS/c1-8(2)11(13)6-10(16)5-9-7-15-3-4-17-12(15)14-9/h3-4,7-8,11H,5-6,13H2,1-2H3. The van der Waals surface area contributed by atoms with E-state index >= 15 is 0 Å². The van der Waals surface area contributed by atoms with Gasteiger partial charge in [0.15, 0.2) is 4.96 Å². The maximum Gasteiger partial charge on any atom is 0.193 e. The highest BCUT2D eigenvalue weighted by Crippen LogP contribution is 2.13. The molecule has 2 rings (SSSR count). The van der Waals surface area contributed by atoms with Crippen molar-refractivity contribution in [2.24, 2.45) is 11.7 Å². The molecule has 1 atom stereocenters. The Morgan fingerprint density at radius 1 is 1.59 bits per heavy atom. The van der Waals surface area contributed by atoms with Crippen molar-refractivity contribution >= 4 is 22.1 Å². The Bertz CT molecular complexity index is 486. The summed E-state index contributed by atoms with van der Waals surface area (Å²) >= 11 is 1.57. The predicted octanol–water partition coefficient (Wildman–Crippen LogP) is 1.88. The van der Waals surface area contributed by atoms with Crippen LogP contribution in [0.1, 0.15) is 26.0 Å². The highest BCUT2D eigenvalue weighted by atomic mass is 32.1. The minimum atomic E-state index is -0.0498. The number of Topliss-reactive ketones (excluding diaryl/α,β-unsaturated/α-hetero) is 1. The normalized spacial score (nSPS) is 13.4. The molecule has 0 fully saturated rings. The fourth-order valence-corrected chi connectivity index (χ4v) is 2.35.